The number of hydrazine groups is 1. The highest BCUT2D eigenvalue weighted by Gasteiger charge is 2.33. The molecule has 3 N–H and O–H groups in total. The molecule has 120 valence electrons. The van der Waals surface area contributed by atoms with Crippen molar-refractivity contribution in [2.45, 2.75) is 12.5 Å². The maximum Gasteiger partial charge on any atom is 0.226 e. The second kappa shape index (κ2) is 7.35. The standard InChI is InChI=1S/C18H20FN3O/c19-15-8-6-13(7-9-15)10-11-20-18(23)16-12-21-22-17(16)14-4-2-1-3-5-14/h1-9,16-17,21-22H,10-12H2,(H,20,23). The summed E-state index contributed by atoms with van der Waals surface area (Å²) in [6.45, 7) is 1.14. The molecule has 3 rings (SSSR count). The first-order valence-electron chi connectivity index (χ1n) is 7.79. The lowest BCUT2D eigenvalue weighted by atomic mass is 9.94. The van der Waals surface area contributed by atoms with Crippen molar-refractivity contribution in [3.63, 3.8) is 0 Å². The molecule has 23 heavy (non-hydrogen) atoms. The molecule has 2 unspecified atom stereocenters. The van der Waals surface area contributed by atoms with E-state index in [0.29, 0.717) is 19.5 Å². The number of hydrogen-bond donors (Lipinski definition) is 3. The fraction of sp³-hybridized carbons (Fsp3) is 0.278. The van der Waals surface area contributed by atoms with Crippen molar-refractivity contribution < 1.29 is 9.18 Å². The van der Waals surface area contributed by atoms with Gasteiger partial charge >= 0.3 is 0 Å². The summed E-state index contributed by atoms with van der Waals surface area (Å²) in [5, 5.41) is 2.97. The van der Waals surface area contributed by atoms with Crippen LogP contribution in [-0.2, 0) is 11.2 Å². The first-order chi connectivity index (χ1) is 11.2. The van der Waals surface area contributed by atoms with Crippen LogP contribution in [0.1, 0.15) is 17.2 Å². The van der Waals surface area contributed by atoms with Crippen LogP contribution in [-0.4, -0.2) is 19.0 Å². The van der Waals surface area contributed by atoms with Crippen LogP contribution in [0.2, 0.25) is 0 Å². The smallest absolute Gasteiger partial charge is 0.226 e. The Morgan fingerprint density at radius 1 is 1.13 bits per heavy atom. The van der Waals surface area contributed by atoms with Crippen molar-refractivity contribution >= 4 is 5.91 Å². The van der Waals surface area contributed by atoms with Gasteiger partial charge in [0.1, 0.15) is 5.82 Å². The van der Waals surface area contributed by atoms with E-state index >= 15 is 0 Å². The summed E-state index contributed by atoms with van der Waals surface area (Å²) in [6, 6.07) is 16.3. The molecule has 1 heterocycles. The molecule has 2 aromatic carbocycles. The molecule has 2 atom stereocenters. The lowest BCUT2D eigenvalue weighted by Gasteiger charge is -2.18. The molecular formula is C18H20FN3O. The first kappa shape index (κ1) is 15.6. The van der Waals surface area contributed by atoms with Gasteiger partial charge in [0.2, 0.25) is 5.91 Å². The predicted octanol–water partition coefficient (Wildman–Crippen LogP) is 1.95. The van der Waals surface area contributed by atoms with E-state index in [9.17, 15) is 9.18 Å². The third-order valence-electron chi connectivity index (χ3n) is 4.10. The lowest BCUT2D eigenvalue weighted by Crippen LogP contribution is -2.36. The maximum absolute atomic E-state index is 12.9. The molecule has 4 nitrogen and oxygen atoms in total. The van der Waals surface area contributed by atoms with Gasteiger partial charge in [0.25, 0.3) is 0 Å². The number of carbonyl (C=O) groups excluding carboxylic acids is 1. The van der Waals surface area contributed by atoms with E-state index in [2.05, 4.69) is 16.2 Å². The van der Waals surface area contributed by atoms with Crippen LogP contribution in [0.25, 0.3) is 0 Å². The highest BCUT2D eigenvalue weighted by molar-refractivity contribution is 5.80. The number of hydrogen-bond acceptors (Lipinski definition) is 3. The molecule has 0 saturated carbocycles. The molecule has 1 aliphatic rings. The van der Waals surface area contributed by atoms with Crippen molar-refractivity contribution in [1.29, 1.82) is 0 Å². The van der Waals surface area contributed by atoms with Crippen LogP contribution >= 0.6 is 0 Å². The molecule has 1 fully saturated rings. The topological polar surface area (TPSA) is 53.2 Å². The largest absolute Gasteiger partial charge is 0.355 e. The van der Waals surface area contributed by atoms with Gasteiger partial charge in [-0.05, 0) is 29.7 Å². The zero-order chi connectivity index (χ0) is 16.1. The normalized spacial score (nSPS) is 20.4. The van der Waals surface area contributed by atoms with E-state index in [-0.39, 0.29) is 23.7 Å². The molecular weight excluding hydrogens is 293 g/mol. The summed E-state index contributed by atoms with van der Waals surface area (Å²) < 4.78 is 12.9. The van der Waals surface area contributed by atoms with Gasteiger partial charge in [0.05, 0.1) is 12.0 Å². The van der Waals surface area contributed by atoms with Gasteiger partial charge in [-0.3, -0.25) is 10.2 Å². The highest BCUT2D eigenvalue weighted by atomic mass is 19.1. The van der Waals surface area contributed by atoms with Crippen LogP contribution in [0.4, 0.5) is 4.39 Å². The Hall–Kier alpha value is -2.24. The summed E-state index contributed by atoms with van der Waals surface area (Å²) in [4.78, 5) is 12.4. The molecule has 1 saturated heterocycles. The summed E-state index contributed by atoms with van der Waals surface area (Å²) in [6.07, 6.45) is 0.690. The van der Waals surface area contributed by atoms with E-state index in [1.54, 1.807) is 12.1 Å². The Labute approximate surface area is 135 Å². The molecule has 0 bridgehead atoms. The maximum atomic E-state index is 12.9. The van der Waals surface area contributed by atoms with Crippen LogP contribution < -0.4 is 16.2 Å². The van der Waals surface area contributed by atoms with Gasteiger partial charge in [-0.2, -0.15) is 0 Å². The average molecular weight is 313 g/mol. The molecule has 0 aliphatic carbocycles. The molecule has 0 spiro atoms. The van der Waals surface area contributed by atoms with Gasteiger partial charge < -0.3 is 5.32 Å². The Bertz CT molecular complexity index is 645. The van der Waals surface area contributed by atoms with E-state index in [1.165, 1.54) is 12.1 Å². The van der Waals surface area contributed by atoms with Gasteiger partial charge in [-0.1, -0.05) is 42.5 Å². The second-order valence-corrected chi connectivity index (χ2v) is 5.69. The molecule has 1 amide bonds. The number of benzene rings is 2. The molecule has 1 aliphatic heterocycles. The summed E-state index contributed by atoms with van der Waals surface area (Å²) in [5.41, 5.74) is 8.33. The van der Waals surface area contributed by atoms with Crippen LogP contribution in [0.15, 0.2) is 54.6 Å². The predicted molar refractivity (Wildman–Crippen MR) is 86.9 cm³/mol. The quantitative estimate of drug-likeness (QED) is 0.791. The Morgan fingerprint density at radius 3 is 2.61 bits per heavy atom. The monoisotopic (exact) mass is 313 g/mol. The fourth-order valence-corrected chi connectivity index (χ4v) is 2.83. The second-order valence-electron chi connectivity index (χ2n) is 5.69. The number of amides is 1. The van der Waals surface area contributed by atoms with E-state index in [0.717, 1.165) is 11.1 Å². The highest BCUT2D eigenvalue weighted by Crippen LogP contribution is 2.24. The Kier molecular flexibility index (Phi) is 5.00. The van der Waals surface area contributed by atoms with E-state index in [1.807, 2.05) is 30.3 Å². The minimum absolute atomic E-state index is 0.0259. The molecule has 2 aromatic rings. The molecule has 0 radical (unpaired) electrons. The third-order valence-corrected chi connectivity index (χ3v) is 4.10. The SMILES string of the molecule is O=C(NCCc1ccc(F)cc1)C1CNNC1c1ccccc1. The first-order valence-corrected chi connectivity index (χ1v) is 7.79. The summed E-state index contributed by atoms with van der Waals surface area (Å²) >= 11 is 0. The van der Waals surface area contributed by atoms with Crippen LogP contribution in [0.5, 0.6) is 0 Å². The summed E-state index contributed by atoms with van der Waals surface area (Å²) in [5.74, 6) is -0.365. The van der Waals surface area contributed by atoms with Crippen molar-refractivity contribution in [2.75, 3.05) is 13.1 Å². The zero-order valence-corrected chi connectivity index (χ0v) is 12.8. The van der Waals surface area contributed by atoms with Crippen molar-refractivity contribution in [1.82, 2.24) is 16.2 Å². The average Bonchev–Trinajstić information content (AvgIpc) is 3.07. The Morgan fingerprint density at radius 2 is 1.87 bits per heavy atom. The number of nitrogens with one attached hydrogen (secondary N) is 3. The molecule has 5 heteroatoms. The van der Waals surface area contributed by atoms with Crippen molar-refractivity contribution in [3.8, 4) is 0 Å². The van der Waals surface area contributed by atoms with E-state index < -0.39 is 0 Å². The van der Waals surface area contributed by atoms with Crippen molar-refractivity contribution in [3.05, 3.63) is 71.5 Å². The fourth-order valence-electron chi connectivity index (χ4n) is 2.83. The van der Waals surface area contributed by atoms with E-state index in [4.69, 9.17) is 0 Å². The van der Waals surface area contributed by atoms with Crippen molar-refractivity contribution in [2.24, 2.45) is 5.92 Å². The third kappa shape index (κ3) is 3.94. The van der Waals surface area contributed by atoms with Gasteiger partial charge in [-0.25, -0.2) is 9.82 Å². The number of halogens is 1. The zero-order valence-electron chi connectivity index (χ0n) is 12.8. The minimum Gasteiger partial charge on any atom is -0.355 e. The number of rotatable bonds is 5. The van der Waals surface area contributed by atoms with Gasteiger partial charge in [-0.15, -0.1) is 0 Å². The lowest BCUT2D eigenvalue weighted by molar-refractivity contribution is -0.124. The van der Waals surface area contributed by atoms with Crippen LogP contribution in [0.3, 0.4) is 0 Å². The Balaban J connectivity index is 1.54. The van der Waals surface area contributed by atoms with Gasteiger partial charge in [0, 0.05) is 13.1 Å². The minimum atomic E-state index is -0.244. The number of carbonyl (C=O) groups is 1. The summed E-state index contributed by atoms with van der Waals surface area (Å²) in [7, 11) is 0. The molecule has 0 aromatic heterocycles. The van der Waals surface area contributed by atoms with Crippen LogP contribution in [0, 0.1) is 11.7 Å². The van der Waals surface area contributed by atoms with Gasteiger partial charge in [0.15, 0.2) is 0 Å².